The number of carbonyl (C=O) groups is 2. The van der Waals surface area contributed by atoms with Crippen molar-refractivity contribution >= 4 is 21.7 Å². The first-order chi connectivity index (χ1) is 8.79. The van der Waals surface area contributed by atoms with Crippen LogP contribution in [0.15, 0.2) is 0 Å². The predicted molar refractivity (Wildman–Crippen MR) is 68.4 cm³/mol. The van der Waals surface area contributed by atoms with Gasteiger partial charge in [0.05, 0.1) is 5.75 Å². The Labute approximate surface area is 112 Å². The van der Waals surface area contributed by atoms with Gasteiger partial charge in [-0.2, -0.15) is 0 Å². The van der Waals surface area contributed by atoms with E-state index in [0.717, 1.165) is 0 Å². The first-order valence-electron chi connectivity index (χ1n) is 6.55. The zero-order valence-electron chi connectivity index (χ0n) is 11.0. The Morgan fingerprint density at radius 1 is 1.26 bits per heavy atom. The lowest BCUT2D eigenvalue weighted by atomic mass is 9.98. The van der Waals surface area contributed by atoms with Crippen molar-refractivity contribution < 1.29 is 23.1 Å². The Balaban J connectivity index is 2.26. The van der Waals surface area contributed by atoms with Crippen LogP contribution < -0.4 is 0 Å². The minimum atomic E-state index is -3.42. The fraction of sp³-hybridized carbons (Fsp3) is 0.833. The summed E-state index contributed by atoms with van der Waals surface area (Å²) in [6.07, 6.45) is 2.57. The normalized spacial score (nSPS) is 34.2. The monoisotopic (exact) mass is 289 g/mol. The third kappa shape index (κ3) is 2.35. The van der Waals surface area contributed by atoms with Gasteiger partial charge in [0.2, 0.25) is 5.91 Å². The number of carboxylic acid groups (broad SMARTS) is 1. The Hall–Kier alpha value is -1.11. The Morgan fingerprint density at radius 2 is 1.95 bits per heavy atom. The molecular weight excluding hydrogens is 270 g/mol. The lowest BCUT2D eigenvalue weighted by Crippen LogP contribution is -2.55. The van der Waals surface area contributed by atoms with Crippen molar-refractivity contribution in [2.45, 2.75) is 49.8 Å². The SMILES string of the molecule is CC1(C(=O)O)CCCN1C(=O)C1CCCCS1(=O)=O. The van der Waals surface area contributed by atoms with Crippen LogP contribution in [-0.2, 0) is 19.4 Å². The van der Waals surface area contributed by atoms with E-state index in [-0.39, 0.29) is 5.75 Å². The smallest absolute Gasteiger partial charge is 0.329 e. The van der Waals surface area contributed by atoms with Gasteiger partial charge in [-0.15, -0.1) is 0 Å². The highest BCUT2D eigenvalue weighted by molar-refractivity contribution is 7.92. The summed E-state index contributed by atoms with van der Waals surface area (Å²) in [5, 5.41) is 8.23. The maximum atomic E-state index is 12.4. The number of amides is 1. The lowest BCUT2D eigenvalue weighted by Gasteiger charge is -2.34. The number of aliphatic carboxylic acids is 1. The number of hydrogen-bond donors (Lipinski definition) is 1. The van der Waals surface area contributed by atoms with Gasteiger partial charge in [-0.3, -0.25) is 4.79 Å². The number of likely N-dealkylation sites (tertiary alicyclic amines) is 1. The average Bonchev–Trinajstić information content (AvgIpc) is 2.71. The molecule has 2 atom stereocenters. The molecule has 0 aromatic rings. The summed E-state index contributed by atoms with van der Waals surface area (Å²) in [6.45, 7) is 1.82. The van der Waals surface area contributed by atoms with Gasteiger partial charge in [0.1, 0.15) is 10.8 Å². The summed E-state index contributed by atoms with van der Waals surface area (Å²) >= 11 is 0. The van der Waals surface area contributed by atoms with E-state index in [1.807, 2.05) is 0 Å². The number of nitrogens with zero attached hydrogens (tertiary/aromatic N) is 1. The zero-order chi connectivity index (χ0) is 14.3. The van der Waals surface area contributed by atoms with Crippen LogP contribution in [-0.4, -0.2) is 53.4 Å². The molecule has 0 aliphatic carbocycles. The van der Waals surface area contributed by atoms with Gasteiger partial charge in [-0.1, -0.05) is 6.42 Å². The van der Waals surface area contributed by atoms with Crippen molar-refractivity contribution in [2.24, 2.45) is 0 Å². The van der Waals surface area contributed by atoms with Crippen LogP contribution >= 0.6 is 0 Å². The molecule has 0 aromatic heterocycles. The van der Waals surface area contributed by atoms with Crippen LogP contribution in [0, 0.1) is 0 Å². The van der Waals surface area contributed by atoms with Gasteiger partial charge in [0.15, 0.2) is 9.84 Å². The molecule has 0 radical (unpaired) electrons. The number of carboxylic acids is 1. The largest absolute Gasteiger partial charge is 0.480 e. The Kier molecular flexibility index (Phi) is 3.59. The van der Waals surface area contributed by atoms with Crippen LogP contribution in [0.5, 0.6) is 0 Å². The van der Waals surface area contributed by atoms with Crippen LogP contribution in [0.2, 0.25) is 0 Å². The quantitative estimate of drug-likeness (QED) is 0.795. The van der Waals surface area contributed by atoms with Gasteiger partial charge in [-0.25, -0.2) is 13.2 Å². The molecule has 0 spiro atoms. The van der Waals surface area contributed by atoms with Crippen molar-refractivity contribution in [1.82, 2.24) is 4.90 Å². The highest BCUT2D eigenvalue weighted by Gasteiger charge is 2.49. The van der Waals surface area contributed by atoms with E-state index >= 15 is 0 Å². The van der Waals surface area contributed by atoms with Crippen molar-refractivity contribution in [1.29, 1.82) is 0 Å². The minimum Gasteiger partial charge on any atom is -0.480 e. The molecule has 0 saturated carbocycles. The molecule has 108 valence electrons. The summed E-state index contributed by atoms with van der Waals surface area (Å²) in [5.74, 6) is -1.56. The minimum absolute atomic E-state index is 0.0288. The molecule has 1 amide bonds. The highest BCUT2D eigenvalue weighted by atomic mass is 32.2. The molecule has 2 rings (SSSR count). The molecule has 0 aromatic carbocycles. The van der Waals surface area contributed by atoms with E-state index in [4.69, 9.17) is 0 Å². The molecule has 2 fully saturated rings. The summed E-state index contributed by atoms with van der Waals surface area (Å²) in [6, 6.07) is 0. The summed E-state index contributed by atoms with van der Waals surface area (Å²) in [5.41, 5.74) is -1.26. The molecule has 2 saturated heterocycles. The first-order valence-corrected chi connectivity index (χ1v) is 8.27. The maximum Gasteiger partial charge on any atom is 0.329 e. The van der Waals surface area contributed by atoms with Crippen molar-refractivity contribution in [3.8, 4) is 0 Å². The van der Waals surface area contributed by atoms with Crippen molar-refractivity contribution in [2.75, 3.05) is 12.3 Å². The van der Waals surface area contributed by atoms with E-state index in [1.165, 1.54) is 11.8 Å². The van der Waals surface area contributed by atoms with Gasteiger partial charge in [0.25, 0.3) is 0 Å². The van der Waals surface area contributed by atoms with Crippen LogP contribution in [0.4, 0.5) is 0 Å². The average molecular weight is 289 g/mol. The van der Waals surface area contributed by atoms with Crippen molar-refractivity contribution in [3.63, 3.8) is 0 Å². The Morgan fingerprint density at radius 3 is 2.53 bits per heavy atom. The molecule has 19 heavy (non-hydrogen) atoms. The summed E-state index contributed by atoms with van der Waals surface area (Å²) in [4.78, 5) is 25.0. The van der Waals surface area contributed by atoms with E-state index in [0.29, 0.717) is 38.6 Å². The fourth-order valence-corrected chi connectivity index (χ4v) is 4.80. The number of carbonyl (C=O) groups excluding carboxylic acids is 1. The summed E-state index contributed by atoms with van der Waals surface area (Å²) in [7, 11) is -3.42. The second kappa shape index (κ2) is 4.77. The topological polar surface area (TPSA) is 91.8 Å². The molecule has 2 aliphatic heterocycles. The second-order valence-corrected chi connectivity index (χ2v) is 7.83. The lowest BCUT2D eigenvalue weighted by molar-refractivity contribution is -0.155. The number of sulfone groups is 1. The molecule has 6 nitrogen and oxygen atoms in total. The molecule has 2 unspecified atom stereocenters. The number of rotatable bonds is 2. The predicted octanol–water partition coefficient (Wildman–Crippen LogP) is 0.419. The molecular formula is C12H19NO5S. The molecule has 2 aliphatic rings. The fourth-order valence-electron chi connectivity index (χ4n) is 2.94. The van der Waals surface area contributed by atoms with E-state index in [9.17, 15) is 23.1 Å². The standard InChI is InChI=1S/C12H19NO5S/c1-12(11(15)16)6-4-7-13(12)10(14)9-5-2-3-8-19(9,17)18/h9H,2-8H2,1H3,(H,15,16). The van der Waals surface area contributed by atoms with Gasteiger partial charge in [-0.05, 0) is 32.6 Å². The van der Waals surface area contributed by atoms with Crippen LogP contribution in [0.3, 0.4) is 0 Å². The van der Waals surface area contributed by atoms with Crippen molar-refractivity contribution in [3.05, 3.63) is 0 Å². The molecule has 0 bridgehead atoms. The van der Waals surface area contributed by atoms with E-state index < -0.39 is 32.5 Å². The van der Waals surface area contributed by atoms with Gasteiger partial charge < -0.3 is 10.0 Å². The van der Waals surface area contributed by atoms with Gasteiger partial charge in [0, 0.05) is 6.54 Å². The highest BCUT2D eigenvalue weighted by Crippen LogP contribution is 2.32. The third-order valence-electron chi connectivity index (χ3n) is 4.22. The van der Waals surface area contributed by atoms with Crippen LogP contribution in [0.25, 0.3) is 0 Å². The second-order valence-electron chi connectivity index (χ2n) is 5.52. The van der Waals surface area contributed by atoms with Gasteiger partial charge >= 0.3 is 5.97 Å². The zero-order valence-corrected chi connectivity index (χ0v) is 11.8. The van der Waals surface area contributed by atoms with E-state index in [1.54, 1.807) is 0 Å². The molecule has 7 heteroatoms. The maximum absolute atomic E-state index is 12.4. The van der Waals surface area contributed by atoms with E-state index in [2.05, 4.69) is 0 Å². The molecule has 1 N–H and O–H groups in total. The summed E-state index contributed by atoms with van der Waals surface area (Å²) < 4.78 is 23.9. The Bertz CT molecular complexity index is 500. The van der Waals surface area contributed by atoms with Crippen LogP contribution in [0.1, 0.15) is 39.0 Å². The third-order valence-corrected chi connectivity index (χ3v) is 6.38. The molecule has 2 heterocycles. The first kappa shape index (κ1) is 14.3. The number of hydrogen-bond acceptors (Lipinski definition) is 4.